The van der Waals surface area contributed by atoms with Gasteiger partial charge < -0.3 is 0 Å². The van der Waals surface area contributed by atoms with Gasteiger partial charge in [0, 0.05) is 5.39 Å². The van der Waals surface area contributed by atoms with Crippen LogP contribution in [-0.4, -0.2) is 0 Å². The molecular weight excluding hydrogens is 217 g/mol. The minimum Gasteiger partial charge on any atom is -0.182 e. The normalized spacial score (nSPS) is 9.44. The topological polar surface area (TPSA) is 50.8 Å². The lowest BCUT2D eigenvalue weighted by Crippen LogP contribution is -2.10. The Kier molecular flexibility index (Phi) is 2.73. The molecule has 0 aromatic heterocycles. The van der Waals surface area contributed by atoms with Crippen LogP contribution >= 0.6 is 9.24 Å². The molecule has 0 aliphatic carbocycles. The smallest absolute Gasteiger partial charge is 0.182 e. The van der Waals surface area contributed by atoms with Gasteiger partial charge in [0.05, 0.1) is 5.69 Å². The van der Waals surface area contributed by atoms with Crippen LogP contribution in [-0.2, 0) is 0 Å². The van der Waals surface area contributed by atoms with Crippen molar-refractivity contribution in [1.29, 1.82) is 10.5 Å². The molecule has 76 valence electrons. The molecule has 0 fully saturated rings. The zero-order chi connectivity index (χ0) is 11.5. The van der Waals surface area contributed by atoms with Crippen molar-refractivity contribution in [2.45, 2.75) is 0 Å². The lowest BCUT2D eigenvalue weighted by molar-refractivity contribution is 1.28. The van der Waals surface area contributed by atoms with Gasteiger partial charge in [-0.3, -0.25) is 0 Å². The number of fused-ring (bicyclic) bond motifs is 1. The van der Waals surface area contributed by atoms with Gasteiger partial charge in [-0.15, -0.1) is 9.24 Å². The fraction of sp³-hybridized carbons (Fsp3) is 0. The van der Waals surface area contributed by atoms with E-state index in [2.05, 4.69) is 9.24 Å². The summed E-state index contributed by atoms with van der Waals surface area (Å²) in [5.74, 6) is 0. The molecule has 0 amide bonds. The average Bonchev–Trinajstić information content (AvgIpc) is 2.31. The van der Waals surface area contributed by atoms with E-state index in [1.165, 1.54) is 0 Å². The van der Waals surface area contributed by atoms with Crippen molar-refractivity contribution in [2.24, 2.45) is 0 Å². The number of benzene rings is 2. The summed E-state index contributed by atoms with van der Waals surface area (Å²) in [7, 11) is 2.62. The van der Waals surface area contributed by atoms with Crippen LogP contribution in [0.15, 0.2) is 36.4 Å². The third-order valence-corrected chi connectivity index (χ3v) is 2.84. The van der Waals surface area contributed by atoms with Crippen LogP contribution in [0.2, 0.25) is 0 Å². The second kappa shape index (κ2) is 4.19. The first-order valence-corrected chi connectivity index (χ1v) is 5.22. The Labute approximate surface area is 95.7 Å². The summed E-state index contributed by atoms with van der Waals surface area (Å²) in [6, 6.07) is 11.4. The molecule has 0 heterocycles. The van der Waals surface area contributed by atoms with Crippen LogP contribution in [0.25, 0.3) is 10.8 Å². The van der Waals surface area contributed by atoms with E-state index in [0.29, 0.717) is 5.69 Å². The van der Waals surface area contributed by atoms with Gasteiger partial charge in [0.2, 0.25) is 0 Å². The summed E-state index contributed by atoms with van der Waals surface area (Å²) in [6.45, 7) is 0. The third kappa shape index (κ3) is 1.58. The Bertz CT molecular complexity index is 603. The second-order valence-electron chi connectivity index (χ2n) is 3.26. The Morgan fingerprint density at radius 2 is 1.62 bits per heavy atom. The van der Waals surface area contributed by atoms with Crippen molar-refractivity contribution in [1.82, 2.24) is 0 Å². The molecule has 0 aliphatic heterocycles. The number of hydrogen-bond donors (Lipinski definition) is 0. The monoisotopic (exact) mass is 225 g/mol. The molecule has 0 saturated carbocycles. The molecule has 0 N–H and O–H groups in total. The lowest BCUT2D eigenvalue weighted by Gasteiger charge is -2.11. The molecule has 0 radical (unpaired) electrons. The maximum atomic E-state index is 8.88. The molecule has 4 heteroatoms. The van der Waals surface area contributed by atoms with Gasteiger partial charge in [-0.25, -0.2) is 0 Å². The molecular formula is C12H8N3P. The van der Waals surface area contributed by atoms with Crippen molar-refractivity contribution < 1.29 is 0 Å². The standard InChI is InChI=1S/C12H8N3P/c13-7-15(8-14)10-5-1-3-9-4-2-6-11(16)12(9)10/h1-6H,16H2. The van der Waals surface area contributed by atoms with Crippen LogP contribution in [0.1, 0.15) is 0 Å². The molecule has 0 bridgehead atoms. The van der Waals surface area contributed by atoms with E-state index >= 15 is 0 Å². The summed E-state index contributed by atoms with van der Waals surface area (Å²) < 4.78 is 0. The molecule has 2 aromatic carbocycles. The fourth-order valence-corrected chi connectivity index (χ4v) is 2.09. The predicted molar refractivity (Wildman–Crippen MR) is 67.0 cm³/mol. The van der Waals surface area contributed by atoms with Gasteiger partial charge in [-0.05, 0) is 16.8 Å². The first-order chi connectivity index (χ1) is 7.77. The molecule has 2 aromatic rings. The number of anilines is 1. The first-order valence-electron chi connectivity index (χ1n) is 4.64. The van der Waals surface area contributed by atoms with Crippen LogP contribution in [0, 0.1) is 22.9 Å². The molecule has 0 aliphatic rings. The van der Waals surface area contributed by atoms with Gasteiger partial charge >= 0.3 is 0 Å². The highest BCUT2D eigenvalue weighted by atomic mass is 31.0. The summed E-state index contributed by atoms with van der Waals surface area (Å²) in [6.07, 6.45) is 3.70. The van der Waals surface area contributed by atoms with Crippen molar-refractivity contribution >= 4 is 31.0 Å². The average molecular weight is 225 g/mol. The highest BCUT2D eigenvalue weighted by molar-refractivity contribution is 7.28. The minimum atomic E-state index is 0.619. The van der Waals surface area contributed by atoms with Crippen LogP contribution in [0.3, 0.4) is 0 Å². The Hall–Kier alpha value is -2.09. The zero-order valence-electron chi connectivity index (χ0n) is 8.38. The Morgan fingerprint density at radius 1 is 1.00 bits per heavy atom. The summed E-state index contributed by atoms with van der Waals surface area (Å²) >= 11 is 0. The lowest BCUT2D eigenvalue weighted by atomic mass is 10.1. The van der Waals surface area contributed by atoms with Gasteiger partial charge in [-0.2, -0.15) is 15.4 Å². The number of nitriles is 2. The Morgan fingerprint density at radius 3 is 2.25 bits per heavy atom. The van der Waals surface area contributed by atoms with E-state index in [0.717, 1.165) is 21.0 Å². The molecule has 0 spiro atoms. The molecule has 2 rings (SSSR count). The summed E-state index contributed by atoms with van der Waals surface area (Å²) in [5.41, 5.74) is 0.619. The molecule has 16 heavy (non-hydrogen) atoms. The van der Waals surface area contributed by atoms with Crippen molar-refractivity contribution in [3.05, 3.63) is 36.4 Å². The maximum Gasteiger partial charge on any atom is 0.198 e. The molecule has 1 unspecified atom stereocenters. The van der Waals surface area contributed by atoms with Gasteiger partial charge in [-0.1, -0.05) is 30.3 Å². The Balaban J connectivity index is 2.82. The number of hydrogen-bond acceptors (Lipinski definition) is 3. The SMILES string of the molecule is N#CN(C#N)c1cccc2cccc(P)c12. The van der Waals surface area contributed by atoms with E-state index in [9.17, 15) is 0 Å². The van der Waals surface area contributed by atoms with Gasteiger partial charge in [0.25, 0.3) is 0 Å². The highest BCUT2D eigenvalue weighted by Gasteiger charge is 2.09. The molecule has 0 saturated heterocycles. The van der Waals surface area contributed by atoms with Crippen LogP contribution in [0.4, 0.5) is 5.69 Å². The fourth-order valence-electron chi connectivity index (χ4n) is 1.67. The van der Waals surface area contributed by atoms with Gasteiger partial charge in [0.15, 0.2) is 12.4 Å². The molecule has 1 atom stereocenters. The first kappa shape index (κ1) is 10.4. The zero-order valence-corrected chi connectivity index (χ0v) is 9.54. The molecule has 3 nitrogen and oxygen atoms in total. The van der Waals surface area contributed by atoms with Gasteiger partial charge in [0.1, 0.15) is 0 Å². The quantitative estimate of drug-likeness (QED) is 0.424. The highest BCUT2D eigenvalue weighted by Crippen LogP contribution is 2.25. The second-order valence-corrected chi connectivity index (χ2v) is 3.88. The summed E-state index contributed by atoms with van der Waals surface area (Å²) in [5, 5.41) is 20.7. The summed E-state index contributed by atoms with van der Waals surface area (Å²) in [4.78, 5) is 1.01. The van der Waals surface area contributed by atoms with E-state index < -0.39 is 0 Å². The maximum absolute atomic E-state index is 8.88. The number of rotatable bonds is 1. The largest absolute Gasteiger partial charge is 0.198 e. The predicted octanol–water partition coefficient (Wildman–Crippen LogP) is 2.11. The van der Waals surface area contributed by atoms with E-state index in [4.69, 9.17) is 10.5 Å². The van der Waals surface area contributed by atoms with E-state index in [-0.39, 0.29) is 0 Å². The van der Waals surface area contributed by atoms with E-state index in [1.54, 1.807) is 6.07 Å². The third-order valence-electron chi connectivity index (χ3n) is 2.36. The van der Waals surface area contributed by atoms with Crippen LogP contribution in [0.5, 0.6) is 0 Å². The van der Waals surface area contributed by atoms with Crippen molar-refractivity contribution in [3.63, 3.8) is 0 Å². The van der Waals surface area contributed by atoms with Crippen LogP contribution < -0.4 is 10.2 Å². The minimum absolute atomic E-state index is 0.619. The number of nitrogens with zero attached hydrogens (tertiary/aromatic N) is 3. The van der Waals surface area contributed by atoms with E-state index in [1.807, 2.05) is 42.7 Å². The van der Waals surface area contributed by atoms with Crippen molar-refractivity contribution in [3.8, 4) is 12.4 Å². The van der Waals surface area contributed by atoms with Crippen molar-refractivity contribution in [2.75, 3.05) is 4.90 Å².